The molecule has 1 unspecified atom stereocenters. The molecule has 0 aliphatic carbocycles. The Morgan fingerprint density at radius 3 is 2.41 bits per heavy atom. The molecule has 0 aromatic heterocycles. The van der Waals surface area contributed by atoms with Crippen LogP contribution in [-0.4, -0.2) is 24.0 Å². The van der Waals surface area contributed by atoms with Crippen molar-refractivity contribution in [2.45, 2.75) is 12.5 Å². The number of carbonyl (C=O) groups excluding carboxylic acids is 1. The fourth-order valence-corrected chi connectivity index (χ4v) is 1.84. The van der Waals surface area contributed by atoms with Gasteiger partial charge in [0.05, 0.1) is 5.69 Å². The molecule has 4 nitrogen and oxygen atoms in total. The highest BCUT2D eigenvalue weighted by molar-refractivity contribution is 5.95. The third-order valence-electron chi connectivity index (χ3n) is 2.87. The van der Waals surface area contributed by atoms with Gasteiger partial charge in [-0.3, -0.25) is 4.79 Å². The number of aliphatic hydroxyl groups excluding tert-OH is 1. The first-order chi connectivity index (χ1) is 10.6. The maximum Gasteiger partial charge on any atom is 0.272 e. The average molecular weight is 307 g/mol. The lowest BCUT2D eigenvalue weighted by molar-refractivity contribution is -0.124. The number of anilines is 1. The monoisotopic (exact) mass is 307 g/mol. The summed E-state index contributed by atoms with van der Waals surface area (Å²) < 4.78 is 29.4. The fraction of sp³-hybridized carbons (Fsp3) is 0.188. The van der Waals surface area contributed by atoms with E-state index >= 15 is 0 Å². The molecule has 0 saturated heterocycles. The van der Waals surface area contributed by atoms with Gasteiger partial charge in [-0.15, -0.1) is 0 Å². The van der Waals surface area contributed by atoms with Gasteiger partial charge in [-0.1, -0.05) is 42.5 Å². The van der Waals surface area contributed by atoms with Gasteiger partial charge in [-0.2, -0.15) is 0 Å². The van der Waals surface area contributed by atoms with Crippen LogP contribution in [0.5, 0.6) is 5.75 Å². The molecule has 1 amide bonds. The zero-order chi connectivity index (χ0) is 15.9. The van der Waals surface area contributed by atoms with Crippen LogP contribution in [0.4, 0.5) is 14.5 Å². The molecule has 116 valence electrons. The van der Waals surface area contributed by atoms with Gasteiger partial charge in [-0.05, 0) is 17.7 Å². The molecule has 0 aliphatic rings. The summed E-state index contributed by atoms with van der Waals surface area (Å²) in [5.41, 5.74) is 0.661. The first kappa shape index (κ1) is 15.9. The SMILES string of the molecule is O=C(Nc1ccccc1OCC(F)F)C(O)c1ccccc1. The standard InChI is InChI=1S/C16H15F2NO3/c17-14(18)10-22-13-9-5-4-8-12(13)19-16(21)15(20)11-6-2-1-3-7-11/h1-9,14-15,20H,10H2,(H,19,21). The normalized spacial score (nSPS) is 12.0. The number of rotatable bonds is 6. The number of aliphatic hydroxyl groups is 1. The number of carbonyl (C=O) groups is 1. The Bertz CT molecular complexity index is 620. The number of halogens is 2. The predicted octanol–water partition coefficient (Wildman–Crippen LogP) is 3.00. The van der Waals surface area contributed by atoms with E-state index in [0.29, 0.717) is 5.56 Å². The molecule has 2 rings (SSSR count). The second-order valence-corrected chi connectivity index (χ2v) is 4.50. The third kappa shape index (κ3) is 4.26. The Labute approximate surface area is 126 Å². The predicted molar refractivity (Wildman–Crippen MR) is 78.0 cm³/mol. The van der Waals surface area contributed by atoms with Crippen molar-refractivity contribution < 1.29 is 23.4 Å². The van der Waals surface area contributed by atoms with Crippen molar-refractivity contribution >= 4 is 11.6 Å². The summed E-state index contributed by atoms with van der Waals surface area (Å²) in [6, 6.07) is 14.6. The molecule has 1 atom stereocenters. The minimum absolute atomic E-state index is 0.122. The van der Waals surface area contributed by atoms with Gasteiger partial charge >= 0.3 is 0 Å². The maximum absolute atomic E-state index is 12.2. The third-order valence-corrected chi connectivity index (χ3v) is 2.87. The smallest absolute Gasteiger partial charge is 0.272 e. The molecule has 0 aliphatic heterocycles. The highest BCUT2D eigenvalue weighted by Gasteiger charge is 2.18. The summed E-state index contributed by atoms with van der Waals surface area (Å²) in [7, 11) is 0. The Morgan fingerprint density at radius 1 is 1.09 bits per heavy atom. The topological polar surface area (TPSA) is 58.6 Å². The highest BCUT2D eigenvalue weighted by atomic mass is 19.3. The van der Waals surface area contributed by atoms with Crippen LogP contribution in [0.1, 0.15) is 11.7 Å². The molecular formula is C16H15F2NO3. The van der Waals surface area contributed by atoms with E-state index in [4.69, 9.17) is 4.74 Å². The zero-order valence-electron chi connectivity index (χ0n) is 11.6. The van der Waals surface area contributed by atoms with Gasteiger partial charge in [0, 0.05) is 0 Å². The van der Waals surface area contributed by atoms with Crippen LogP contribution in [0.3, 0.4) is 0 Å². The van der Waals surface area contributed by atoms with Crippen LogP contribution in [0, 0.1) is 0 Å². The number of ether oxygens (including phenoxy) is 1. The van der Waals surface area contributed by atoms with E-state index in [2.05, 4.69) is 5.32 Å². The molecule has 0 fully saturated rings. The van der Waals surface area contributed by atoms with Crippen molar-refractivity contribution in [3.8, 4) is 5.75 Å². The van der Waals surface area contributed by atoms with E-state index in [1.165, 1.54) is 12.1 Å². The minimum atomic E-state index is -2.61. The number of hydrogen-bond donors (Lipinski definition) is 2. The molecule has 0 heterocycles. The van der Waals surface area contributed by atoms with E-state index < -0.39 is 25.0 Å². The number of alkyl halides is 2. The van der Waals surface area contributed by atoms with E-state index in [-0.39, 0.29) is 11.4 Å². The number of para-hydroxylation sites is 2. The van der Waals surface area contributed by atoms with Crippen LogP contribution in [0.2, 0.25) is 0 Å². The highest BCUT2D eigenvalue weighted by Crippen LogP contribution is 2.25. The lowest BCUT2D eigenvalue weighted by atomic mass is 10.1. The van der Waals surface area contributed by atoms with Crippen molar-refractivity contribution in [3.63, 3.8) is 0 Å². The van der Waals surface area contributed by atoms with Crippen molar-refractivity contribution in [1.29, 1.82) is 0 Å². The molecule has 6 heteroatoms. The van der Waals surface area contributed by atoms with Gasteiger partial charge in [0.15, 0.2) is 6.10 Å². The van der Waals surface area contributed by atoms with Crippen molar-refractivity contribution in [1.82, 2.24) is 0 Å². The summed E-state index contributed by atoms with van der Waals surface area (Å²) >= 11 is 0. The average Bonchev–Trinajstić information content (AvgIpc) is 2.54. The van der Waals surface area contributed by atoms with Crippen LogP contribution in [-0.2, 0) is 4.79 Å². The summed E-state index contributed by atoms with van der Waals surface area (Å²) in [5.74, 6) is -0.546. The van der Waals surface area contributed by atoms with Crippen molar-refractivity contribution in [2.75, 3.05) is 11.9 Å². The molecule has 2 aromatic rings. The Kier molecular flexibility index (Phi) is 5.43. The Hall–Kier alpha value is -2.47. The second-order valence-electron chi connectivity index (χ2n) is 4.50. The Balaban J connectivity index is 2.08. The van der Waals surface area contributed by atoms with Gasteiger partial charge in [-0.25, -0.2) is 8.78 Å². The summed E-state index contributed by atoms with van der Waals surface area (Å²) in [6.07, 6.45) is -3.97. The Morgan fingerprint density at radius 2 is 1.73 bits per heavy atom. The lowest BCUT2D eigenvalue weighted by Gasteiger charge is -2.15. The molecule has 2 N–H and O–H groups in total. The van der Waals surface area contributed by atoms with Crippen molar-refractivity contribution in [3.05, 3.63) is 60.2 Å². The number of amides is 1. The first-order valence-corrected chi connectivity index (χ1v) is 6.62. The van der Waals surface area contributed by atoms with Gasteiger partial charge in [0.25, 0.3) is 12.3 Å². The summed E-state index contributed by atoms with van der Waals surface area (Å²) in [4.78, 5) is 12.0. The fourth-order valence-electron chi connectivity index (χ4n) is 1.84. The minimum Gasteiger partial charge on any atom is -0.485 e. The summed E-state index contributed by atoms with van der Waals surface area (Å²) in [6.45, 7) is -0.770. The van der Waals surface area contributed by atoms with E-state index in [9.17, 15) is 18.7 Å². The zero-order valence-corrected chi connectivity index (χ0v) is 11.6. The van der Waals surface area contributed by atoms with Crippen molar-refractivity contribution in [2.24, 2.45) is 0 Å². The molecule has 0 spiro atoms. The summed E-state index contributed by atoms with van der Waals surface area (Å²) in [5, 5.41) is 12.5. The lowest BCUT2D eigenvalue weighted by Crippen LogP contribution is -2.21. The van der Waals surface area contributed by atoms with E-state index in [1.807, 2.05) is 0 Å². The van der Waals surface area contributed by atoms with Gasteiger partial charge in [0.2, 0.25) is 0 Å². The van der Waals surface area contributed by atoms with E-state index in [1.54, 1.807) is 42.5 Å². The molecule has 0 bridgehead atoms. The number of benzene rings is 2. The van der Waals surface area contributed by atoms with Gasteiger partial charge in [0.1, 0.15) is 12.4 Å². The molecule has 2 aromatic carbocycles. The second kappa shape index (κ2) is 7.51. The van der Waals surface area contributed by atoms with Crippen LogP contribution < -0.4 is 10.1 Å². The van der Waals surface area contributed by atoms with E-state index in [0.717, 1.165) is 0 Å². The largest absolute Gasteiger partial charge is 0.485 e. The van der Waals surface area contributed by atoms with Crippen LogP contribution in [0.25, 0.3) is 0 Å². The van der Waals surface area contributed by atoms with Crippen LogP contribution >= 0.6 is 0 Å². The number of nitrogens with one attached hydrogen (secondary N) is 1. The quantitative estimate of drug-likeness (QED) is 0.862. The molecule has 22 heavy (non-hydrogen) atoms. The number of hydrogen-bond acceptors (Lipinski definition) is 3. The molecule has 0 saturated carbocycles. The van der Waals surface area contributed by atoms with Gasteiger partial charge < -0.3 is 15.2 Å². The molecule has 0 radical (unpaired) electrons. The first-order valence-electron chi connectivity index (χ1n) is 6.62. The van der Waals surface area contributed by atoms with Crippen LogP contribution in [0.15, 0.2) is 54.6 Å². The maximum atomic E-state index is 12.2. The molecular weight excluding hydrogens is 292 g/mol.